The summed E-state index contributed by atoms with van der Waals surface area (Å²) < 4.78 is 24.5. The lowest BCUT2D eigenvalue weighted by Gasteiger charge is -2.13. The van der Waals surface area contributed by atoms with Crippen molar-refractivity contribution in [2.24, 2.45) is 5.73 Å². The van der Waals surface area contributed by atoms with Gasteiger partial charge in [0.05, 0.1) is 12.3 Å². The molecule has 138 valence electrons. The van der Waals surface area contributed by atoms with Gasteiger partial charge in [0.25, 0.3) is 5.91 Å². The lowest BCUT2D eigenvalue weighted by Crippen LogP contribution is -2.13. The molecule has 5 nitrogen and oxygen atoms in total. The standard InChI is InChI=1S/C21H19FN2O3/c1-2-26-13-15-12-14(18-4-3-5-19(24-18)21(23)25)6-11-20(15)27-17-9-7-16(22)8-10-17/h3-12H,2,13H2,1H3,(H2,23,25). The highest BCUT2D eigenvalue weighted by Crippen LogP contribution is 2.30. The Morgan fingerprint density at radius 1 is 1.11 bits per heavy atom. The Morgan fingerprint density at radius 3 is 2.59 bits per heavy atom. The molecule has 0 unspecified atom stereocenters. The number of halogens is 1. The van der Waals surface area contributed by atoms with Crippen molar-refractivity contribution in [3.63, 3.8) is 0 Å². The van der Waals surface area contributed by atoms with Crippen molar-refractivity contribution in [3.05, 3.63) is 77.7 Å². The van der Waals surface area contributed by atoms with Crippen molar-refractivity contribution in [3.8, 4) is 22.8 Å². The maximum absolute atomic E-state index is 13.1. The number of benzene rings is 2. The number of rotatable bonds is 7. The molecule has 0 bridgehead atoms. The average Bonchev–Trinajstić information content (AvgIpc) is 2.69. The minimum Gasteiger partial charge on any atom is -0.457 e. The Morgan fingerprint density at radius 2 is 1.89 bits per heavy atom. The first kappa shape index (κ1) is 18.5. The zero-order valence-electron chi connectivity index (χ0n) is 14.8. The molecular formula is C21H19FN2O3. The van der Waals surface area contributed by atoms with E-state index in [0.29, 0.717) is 30.4 Å². The number of hydrogen-bond donors (Lipinski definition) is 1. The van der Waals surface area contributed by atoms with Crippen LogP contribution >= 0.6 is 0 Å². The molecular weight excluding hydrogens is 347 g/mol. The van der Waals surface area contributed by atoms with Gasteiger partial charge in [0.1, 0.15) is 23.0 Å². The highest BCUT2D eigenvalue weighted by molar-refractivity contribution is 5.91. The van der Waals surface area contributed by atoms with Crippen molar-refractivity contribution in [1.82, 2.24) is 4.98 Å². The Balaban J connectivity index is 1.94. The number of carbonyl (C=O) groups is 1. The Labute approximate surface area is 156 Å². The maximum atomic E-state index is 13.1. The SMILES string of the molecule is CCOCc1cc(-c2cccc(C(N)=O)n2)ccc1Oc1ccc(F)cc1. The van der Waals surface area contributed by atoms with E-state index >= 15 is 0 Å². The number of primary amides is 1. The van der Waals surface area contributed by atoms with Gasteiger partial charge in [-0.05, 0) is 61.5 Å². The number of ether oxygens (including phenoxy) is 2. The van der Waals surface area contributed by atoms with Crippen molar-refractivity contribution < 1.29 is 18.7 Å². The molecule has 2 N–H and O–H groups in total. The van der Waals surface area contributed by atoms with E-state index in [0.717, 1.165) is 11.1 Å². The van der Waals surface area contributed by atoms with E-state index < -0.39 is 5.91 Å². The predicted octanol–water partition coefficient (Wildman–Crippen LogP) is 4.32. The summed E-state index contributed by atoms with van der Waals surface area (Å²) in [6, 6.07) is 16.4. The number of nitrogens with two attached hydrogens (primary N) is 1. The fourth-order valence-corrected chi connectivity index (χ4v) is 2.53. The zero-order valence-corrected chi connectivity index (χ0v) is 14.8. The molecule has 0 spiro atoms. The molecule has 0 saturated carbocycles. The van der Waals surface area contributed by atoms with Crippen LogP contribution in [0.4, 0.5) is 4.39 Å². The molecule has 1 aromatic heterocycles. The van der Waals surface area contributed by atoms with Crippen molar-refractivity contribution in [2.75, 3.05) is 6.61 Å². The molecule has 2 aromatic carbocycles. The molecule has 0 aliphatic rings. The van der Waals surface area contributed by atoms with Crippen LogP contribution in [-0.4, -0.2) is 17.5 Å². The molecule has 6 heteroatoms. The fourth-order valence-electron chi connectivity index (χ4n) is 2.53. The third-order valence-corrected chi connectivity index (χ3v) is 3.86. The fraction of sp³-hybridized carbons (Fsp3) is 0.143. The minimum absolute atomic E-state index is 0.200. The summed E-state index contributed by atoms with van der Waals surface area (Å²) in [7, 11) is 0. The lowest BCUT2D eigenvalue weighted by molar-refractivity contribution is 0.0995. The first-order valence-electron chi connectivity index (χ1n) is 8.48. The smallest absolute Gasteiger partial charge is 0.267 e. The van der Waals surface area contributed by atoms with Gasteiger partial charge < -0.3 is 15.2 Å². The van der Waals surface area contributed by atoms with Crippen LogP contribution in [0.3, 0.4) is 0 Å². The average molecular weight is 366 g/mol. The van der Waals surface area contributed by atoms with Crippen molar-refractivity contribution >= 4 is 5.91 Å². The van der Waals surface area contributed by atoms with E-state index in [2.05, 4.69) is 4.98 Å². The van der Waals surface area contributed by atoms with Gasteiger partial charge in [0.2, 0.25) is 0 Å². The van der Waals surface area contributed by atoms with E-state index in [1.807, 2.05) is 19.1 Å². The van der Waals surface area contributed by atoms with E-state index in [4.69, 9.17) is 15.2 Å². The molecule has 3 rings (SSSR count). The summed E-state index contributed by atoms with van der Waals surface area (Å²) in [6.07, 6.45) is 0. The molecule has 3 aromatic rings. The topological polar surface area (TPSA) is 74.4 Å². The summed E-state index contributed by atoms with van der Waals surface area (Å²) in [5.41, 5.74) is 7.75. The molecule has 1 amide bonds. The highest BCUT2D eigenvalue weighted by atomic mass is 19.1. The summed E-state index contributed by atoms with van der Waals surface area (Å²) in [6.45, 7) is 2.80. The Kier molecular flexibility index (Phi) is 5.78. The Hall–Kier alpha value is -3.25. The second-order valence-electron chi connectivity index (χ2n) is 5.79. The van der Waals surface area contributed by atoms with Crippen LogP contribution in [0, 0.1) is 5.82 Å². The molecule has 0 atom stereocenters. The largest absolute Gasteiger partial charge is 0.457 e. The second-order valence-corrected chi connectivity index (χ2v) is 5.79. The lowest BCUT2D eigenvalue weighted by atomic mass is 10.1. The van der Waals surface area contributed by atoms with Crippen LogP contribution in [0.15, 0.2) is 60.7 Å². The molecule has 0 radical (unpaired) electrons. The zero-order chi connectivity index (χ0) is 19.2. The predicted molar refractivity (Wildman–Crippen MR) is 100.0 cm³/mol. The van der Waals surface area contributed by atoms with Crippen LogP contribution < -0.4 is 10.5 Å². The molecule has 1 heterocycles. The van der Waals surface area contributed by atoms with Gasteiger partial charge in [-0.25, -0.2) is 9.37 Å². The maximum Gasteiger partial charge on any atom is 0.267 e. The number of nitrogens with zero attached hydrogens (tertiary/aromatic N) is 1. The van der Waals surface area contributed by atoms with Gasteiger partial charge in [-0.1, -0.05) is 6.07 Å². The minimum atomic E-state index is -0.581. The summed E-state index contributed by atoms with van der Waals surface area (Å²) >= 11 is 0. The van der Waals surface area contributed by atoms with Crippen LogP contribution in [0.1, 0.15) is 23.0 Å². The van der Waals surface area contributed by atoms with E-state index in [1.165, 1.54) is 12.1 Å². The number of pyridine rings is 1. The molecule has 27 heavy (non-hydrogen) atoms. The number of carbonyl (C=O) groups excluding carboxylic acids is 1. The highest BCUT2D eigenvalue weighted by Gasteiger charge is 2.11. The van der Waals surface area contributed by atoms with E-state index in [-0.39, 0.29) is 11.5 Å². The normalized spacial score (nSPS) is 10.6. The summed E-state index contributed by atoms with van der Waals surface area (Å²) in [5, 5.41) is 0. The van der Waals surface area contributed by atoms with Gasteiger partial charge >= 0.3 is 0 Å². The van der Waals surface area contributed by atoms with Gasteiger partial charge in [-0.2, -0.15) is 0 Å². The first-order valence-corrected chi connectivity index (χ1v) is 8.48. The van der Waals surface area contributed by atoms with Crippen LogP contribution in [-0.2, 0) is 11.3 Å². The third kappa shape index (κ3) is 4.68. The van der Waals surface area contributed by atoms with Crippen molar-refractivity contribution in [2.45, 2.75) is 13.5 Å². The third-order valence-electron chi connectivity index (χ3n) is 3.86. The summed E-state index contributed by atoms with van der Waals surface area (Å²) in [4.78, 5) is 15.7. The number of hydrogen-bond acceptors (Lipinski definition) is 4. The van der Waals surface area contributed by atoms with Crippen LogP contribution in [0.5, 0.6) is 11.5 Å². The molecule has 0 saturated heterocycles. The quantitative estimate of drug-likeness (QED) is 0.676. The number of aromatic nitrogens is 1. The van der Waals surface area contributed by atoms with Gasteiger partial charge in [-0.3, -0.25) is 4.79 Å². The molecule has 0 aliphatic carbocycles. The monoisotopic (exact) mass is 366 g/mol. The molecule has 0 fully saturated rings. The molecule has 0 aliphatic heterocycles. The number of amides is 1. The van der Waals surface area contributed by atoms with Gasteiger partial charge in [0, 0.05) is 17.7 Å². The van der Waals surface area contributed by atoms with E-state index in [1.54, 1.807) is 36.4 Å². The van der Waals surface area contributed by atoms with E-state index in [9.17, 15) is 9.18 Å². The Bertz CT molecular complexity index is 942. The van der Waals surface area contributed by atoms with Gasteiger partial charge in [0.15, 0.2) is 0 Å². The van der Waals surface area contributed by atoms with Gasteiger partial charge in [-0.15, -0.1) is 0 Å². The van der Waals surface area contributed by atoms with Crippen LogP contribution in [0.2, 0.25) is 0 Å². The van der Waals surface area contributed by atoms with Crippen molar-refractivity contribution in [1.29, 1.82) is 0 Å². The summed E-state index contributed by atoms with van der Waals surface area (Å²) in [5.74, 6) is 0.218. The first-order chi connectivity index (χ1) is 13.1. The van der Waals surface area contributed by atoms with Crippen LogP contribution in [0.25, 0.3) is 11.3 Å². The second kappa shape index (κ2) is 8.42.